The Morgan fingerprint density at radius 2 is 2.35 bits per heavy atom. The first kappa shape index (κ1) is 17.6. The van der Waals surface area contributed by atoms with Gasteiger partial charge in [-0.05, 0) is 37.3 Å². The Kier molecular flexibility index (Phi) is 6.28. The van der Waals surface area contributed by atoms with Crippen LogP contribution in [-0.4, -0.2) is 33.8 Å². The van der Waals surface area contributed by atoms with Gasteiger partial charge in [0.25, 0.3) is 5.91 Å². The van der Waals surface area contributed by atoms with Crippen molar-refractivity contribution in [3.05, 3.63) is 39.1 Å². The second kappa shape index (κ2) is 8.21. The lowest BCUT2D eigenvalue weighted by Gasteiger charge is -2.08. The van der Waals surface area contributed by atoms with Crippen LogP contribution in [0.4, 0.5) is 4.39 Å². The molecule has 1 amide bonds. The Morgan fingerprint density at radius 1 is 1.57 bits per heavy atom. The van der Waals surface area contributed by atoms with Crippen molar-refractivity contribution < 1.29 is 13.9 Å². The van der Waals surface area contributed by atoms with E-state index in [9.17, 15) is 9.18 Å². The molecule has 0 fully saturated rings. The summed E-state index contributed by atoms with van der Waals surface area (Å²) in [4.78, 5) is 11.7. The number of carbonyl (C=O) groups excluding carboxylic acids is 1. The number of ether oxygens (including phenoxy) is 1. The number of aromatic nitrogens is 3. The topological polar surface area (TPSA) is 71.9 Å². The first-order valence-electron chi connectivity index (χ1n) is 7.00. The van der Waals surface area contributed by atoms with Crippen LogP contribution in [0.15, 0.2) is 22.7 Å². The Morgan fingerprint density at radius 3 is 3.04 bits per heavy atom. The molecule has 0 radical (unpaired) electrons. The van der Waals surface area contributed by atoms with E-state index in [2.05, 4.69) is 31.4 Å². The van der Waals surface area contributed by atoms with Gasteiger partial charge in [0.1, 0.15) is 5.82 Å². The zero-order valence-electron chi connectivity index (χ0n) is 12.4. The van der Waals surface area contributed by atoms with E-state index >= 15 is 0 Å². The molecule has 0 aliphatic heterocycles. The summed E-state index contributed by atoms with van der Waals surface area (Å²) in [6.07, 6.45) is 0.541. The number of carbonyl (C=O) groups is 1. The molecular formula is C14H16BrFN4O2S. The molecule has 1 aromatic carbocycles. The van der Waals surface area contributed by atoms with Crippen LogP contribution < -0.4 is 10.1 Å². The van der Waals surface area contributed by atoms with Crippen molar-refractivity contribution in [2.24, 2.45) is 0 Å². The average molecular weight is 403 g/mol. The highest BCUT2D eigenvalue weighted by Gasteiger charge is 2.08. The van der Waals surface area contributed by atoms with Gasteiger partial charge < -0.3 is 14.6 Å². The number of nitrogens with one attached hydrogen (secondary N) is 2. The molecule has 1 aromatic heterocycles. The molecule has 9 heteroatoms. The summed E-state index contributed by atoms with van der Waals surface area (Å²) in [6, 6.07) is 4.39. The van der Waals surface area contributed by atoms with E-state index in [0.717, 1.165) is 5.82 Å². The van der Waals surface area contributed by atoms with Gasteiger partial charge in [0.05, 0.1) is 0 Å². The predicted octanol–water partition coefficient (Wildman–Crippen LogP) is 2.60. The number of amides is 1. The number of nitrogens with zero attached hydrogens (tertiary/aromatic N) is 2. The number of H-pyrrole nitrogens is 1. The number of benzene rings is 1. The monoisotopic (exact) mass is 402 g/mol. The van der Waals surface area contributed by atoms with Crippen LogP contribution in [0.5, 0.6) is 5.75 Å². The van der Waals surface area contributed by atoms with Crippen molar-refractivity contribution in [2.45, 2.75) is 19.9 Å². The number of rotatable bonds is 7. The normalized spacial score (nSPS) is 10.6. The summed E-state index contributed by atoms with van der Waals surface area (Å²) < 4.78 is 21.7. The molecule has 2 aromatic rings. The van der Waals surface area contributed by atoms with Gasteiger partial charge in [-0.15, -0.1) is 0 Å². The van der Waals surface area contributed by atoms with Crippen LogP contribution in [0.25, 0.3) is 0 Å². The zero-order valence-corrected chi connectivity index (χ0v) is 14.8. The average Bonchev–Trinajstić information content (AvgIpc) is 2.86. The third-order valence-electron chi connectivity index (χ3n) is 3.08. The van der Waals surface area contributed by atoms with Crippen LogP contribution >= 0.6 is 28.1 Å². The Hall–Kier alpha value is -1.74. The van der Waals surface area contributed by atoms with Gasteiger partial charge in [0.2, 0.25) is 0 Å². The number of aromatic amines is 1. The lowest BCUT2D eigenvalue weighted by Crippen LogP contribution is -2.31. The molecule has 2 rings (SSSR count). The van der Waals surface area contributed by atoms with Crippen LogP contribution in [0.2, 0.25) is 0 Å². The van der Waals surface area contributed by atoms with Gasteiger partial charge in [-0.1, -0.05) is 15.9 Å². The molecule has 0 aliphatic rings. The second-order valence-corrected chi connectivity index (χ2v) is 5.95. The van der Waals surface area contributed by atoms with E-state index in [-0.39, 0.29) is 18.3 Å². The maximum Gasteiger partial charge on any atom is 0.257 e. The molecular weight excluding hydrogens is 387 g/mol. The Balaban J connectivity index is 1.78. The highest BCUT2D eigenvalue weighted by atomic mass is 79.9. The van der Waals surface area contributed by atoms with E-state index in [0.29, 0.717) is 28.8 Å². The van der Waals surface area contributed by atoms with Crippen molar-refractivity contribution in [3.8, 4) is 5.75 Å². The minimum atomic E-state index is -0.523. The number of hydrogen-bond acceptors (Lipinski definition) is 4. The van der Waals surface area contributed by atoms with Crippen molar-refractivity contribution in [1.29, 1.82) is 0 Å². The van der Waals surface area contributed by atoms with Crippen LogP contribution in [-0.2, 0) is 17.8 Å². The molecule has 2 N–H and O–H groups in total. The molecule has 1 heterocycles. The summed E-state index contributed by atoms with van der Waals surface area (Å²) in [5.74, 6) is -0.0388. The minimum absolute atomic E-state index is 0.0372. The fourth-order valence-corrected chi connectivity index (χ4v) is 2.58. The van der Waals surface area contributed by atoms with Crippen molar-refractivity contribution in [3.63, 3.8) is 0 Å². The van der Waals surface area contributed by atoms with Gasteiger partial charge in [-0.3, -0.25) is 9.89 Å². The molecule has 23 heavy (non-hydrogen) atoms. The first-order chi connectivity index (χ1) is 11.0. The summed E-state index contributed by atoms with van der Waals surface area (Å²) in [5.41, 5.74) is 0. The Bertz CT molecular complexity index is 747. The van der Waals surface area contributed by atoms with E-state index < -0.39 is 5.82 Å². The second-order valence-electron chi connectivity index (χ2n) is 4.65. The lowest BCUT2D eigenvalue weighted by atomic mass is 10.3. The van der Waals surface area contributed by atoms with E-state index in [1.54, 1.807) is 6.07 Å². The van der Waals surface area contributed by atoms with Gasteiger partial charge >= 0.3 is 0 Å². The van der Waals surface area contributed by atoms with Gasteiger partial charge in [-0.2, -0.15) is 5.10 Å². The molecule has 0 saturated carbocycles. The summed E-state index contributed by atoms with van der Waals surface area (Å²) in [7, 11) is 0. The summed E-state index contributed by atoms with van der Waals surface area (Å²) in [6.45, 7) is 2.82. The predicted molar refractivity (Wildman–Crippen MR) is 89.4 cm³/mol. The van der Waals surface area contributed by atoms with Crippen LogP contribution in [0.1, 0.15) is 12.7 Å². The van der Waals surface area contributed by atoms with E-state index in [4.69, 9.17) is 17.0 Å². The van der Waals surface area contributed by atoms with Gasteiger partial charge in [0, 0.05) is 24.0 Å². The molecule has 0 atom stereocenters. The molecule has 0 aliphatic carbocycles. The zero-order chi connectivity index (χ0) is 16.8. The summed E-state index contributed by atoms with van der Waals surface area (Å²) >= 11 is 8.24. The molecule has 0 spiro atoms. The van der Waals surface area contributed by atoms with Crippen LogP contribution in [0.3, 0.4) is 0 Å². The molecule has 0 unspecified atom stereocenters. The standard InChI is InChI=1S/C14H16BrFN4O2S/c1-2-20-12(18-19-14(20)23)5-6-17-13(21)8-22-11-4-3-9(15)7-10(11)16/h3-4,7H,2,5-6,8H2,1H3,(H,17,21)(H,19,23). The summed E-state index contributed by atoms with van der Waals surface area (Å²) in [5, 5.41) is 9.52. The molecule has 0 bridgehead atoms. The fraction of sp³-hybridized carbons (Fsp3) is 0.357. The number of halogens is 2. The first-order valence-corrected chi connectivity index (χ1v) is 8.20. The van der Waals surface area contributed by atoms with Gasteiger partial charge in [-0.25, -0.2) is 4.39 Å². The maximum atomic E-state index is 13.5. The lowest BCUT2D eigenvalue weighted by molar-refractivity contribution is -0.123. The smallest absolute Gasteiger partial charge is 0.257 e. The molecule has 124 valence electrons. The van der Waals surface area contributed by atoms with Crippen molar-refractivity contribution in [2.75, 3.05) is 13.2 Å². The molecule has 0 saturated heterocycles. The highest BCUT2D eigenvalue weighted by Crippen LogP contribution is 2.21. The SMILES string of the molecule is CCn1c(CCNC(=O)COc2ccc(Br)cc2F)n[nH]c1=S. The van der Waals surface area contributed by atoms with E-state index in [1.165, 1.54) is 12.1 Å². The third-order valence-corrected chi connectivity index (χ3v) is 3.88. The third kappa shape index (κ3) is 4.87. The van der Waals surface area contributed by atoms with Crippen LogP contribution in [0, 0.1) is 10.6 Å². The highest BCUT2D eigenvalue weighted by molar-refractivity contribution is 9.10. The number of hydrogen-bond donors (Lipinski definition) is 2. The Labute approximate surface area is 146 Å². The largest absolute Gasteiger partial charge is 0.481 e. The van der Waals surface area contributed by atoms with Gasteiger partial charge in [0.15, 0.2) is 22.9 Å². The quantitative estimate of drug-likeness (QED) is 0.698. The minimum Gasteiger partial charge on any atom is -0.481 e. The maximum absolute atomic E-state index is 13.5. The fourth-order valence-electron chi connectivity index (χ4n) is 1.97. The molecule has 6 nitrogen and oxygen atoms in total. The van der Waals surface area contributed by atoms with E-state index in [1.807, 2.05) is 11.5 Å². The van der Waals surface area contributed by atoms with Crippen molar-refractivity contribution >= 4 is 34.1 Å². The van der Waals surface area contributed by atoms with Crippen molar-refractivity contribution in [1.82, 2.24) is 20.1 Å².